The molecule has 0 spiro atoms. The van der Waals surface area contributed by atoms with Crippen LogP contribution in [0.3, 0.4) is 0 Å². The molecule has 0 fully saturated rings. The number of nitrogens with one attached hydrogen (secondary N) is 1. The molecule has 0 radical (unpaired) electrons. The second kappa shape index (κ2) is 6.83. The molecule has 24 heavy (non-hydrogen) atoms. The zero-order valence-corrected chi connectivity index (χ0v) is 13.1. The molecule has 0 heterocycles. The van der Waals surface area contributed by atoms with Gasteiger partial charge in [-0.05, 0) is 52.7 Å². The number of carbonyl (C=O) groups is 1. The first-order chi connectivity index (χ1) is 11.7. The molecular formula is C19H16N2O3. The van der Waals surface area contributed by atoms with Crippen molar-refractivity contribution in [3.63, 3.8) is 0 Å². The molecule has 3 aromatic carbocycles. The SMILES string of the molecule is COc1cc2ccccc2cc1C(=O)N/N=C/c1ccc(O)cc1. The van der Waals surface area contributed by atoms with E-state index in [0.717, 1.165) is 16.3 Å². The summed E-state index contributed by atoms with van der Waals surface area (Å²) in [6.45, 7) is 0. The van der Waals surface area contributed by atoms with Crippen molar-refractivity contribution >= 4 is 22.9 Å². The van der Waals surface area contributed by atoms with Gasteiger partial charge in [0.1, 0.15) is 11.5 Å². The molecule has 0 saturated carbocycles. The van der Waals surface area contributed by atoms with E-state index in [1.54, 1.807) is 30.3 Å². The second-order valence-corrected chi connectivity index (χ2v) is 5.19. The summed E-state index contributed by atoms with van der Waals surface area (Å²) in [6.07, 6.45) is 1.50. The Hall–Kier alpha value is -3.34. The van der Waals surface area contributed by atoms with Crippen molar-refractivity contribution in [3.05, 3.63) is 71.8 Å². The van der Waals surface area contributed by atoms with Crippen molar-refractivity contribution in [2.45, 2.75) is 0 Å². The third-order valence-electron chi connectivity index (χ3n) is 3.59. The van der Waals surface area contributed by atoms with Gasteiger partial charge in [-0.3, -0.25) is 4.79 Å². The van der Waals surface area contributed by atoms with Crippen LogP contribution in [0.4, 0.5) is 0 Å². The highest BCUT2D eigenvalue weighted by atomic mass is 16.5. The van der Waals surface area contributed by atoms with Crippen LogP contribution in [0.1, 0.15) is 15.9 Å². The van der Waals surface area contributed by atoms with E-state index in [4.69, 9.17) is 4.74 Å². The monoisotopic (exact) mass is 320 g/mol. The third-order valence-corrected chi connectivity index (χ3v) is 3.59. The van der Waals surface area contributed by atoms with Gasteiger partial charge in [0.05, 0.1) is 18.9 Å². The normalized spacial score (nSPS) is 10.9. The average molecular weight is 320 g/mol. The largest absolute Gasteiger partial charge is 0.508 e. The Morgan fingerprint density at radius 2 is 1.75 bits per heavy atom. The Kier molecular flexibility index (Phi) is 4.43. The molecule has 5 nitrogen and oxygen atoms in total. The Morgan fingerprint density at radius 3 is 2.42 bits per heavy atom. The van der Waals surface area contributed by atoms with E-state index < -0.39 is 0 Å². The van der Waals surface area contributed by atoms with Crippen LogP contribution in [-0.4, -0.2) is 24.3 Å². The molecule has 0 saturated heterocycles. The molecule has 120 valence electrons. The molecule has 0 unspecified atom stereocenters. The quantitative estimate of drug-likeness (QED) is 0.572. The predicted octanol–water partition coefficient (Wildman–Crippen LogP) is 3.32. The van der Waals surface area contributed by atoms with Gasteiger partial charge in [-0.15, -0.1) is 0 Å². The number of fused-ring (bicyclic) bond motifs is 1. The van der Waals surface area contributed by atoms with Crippen molar-refractivity contribution < 1.29 is 14.6 Å². The molecule has 0 aliphatic heterocycles. The summed E-state index contributed by atoms with van der Waals surface area (Å²) < 4.78 is 5.31. The molecule has 0 aliphatic rings. The molecule has 0 atom stereocenters. The van der Waals surface area contributed by atoms with Crippen LogP contribution in [-0.2, 0) is 0 Å². The maximum Gasteiger partial charge on any atom is 0.275 e. The number of carbonyl (C=O) groups excluding carboxylic acids is 1. The molecule has 3 rings (SSSR count). The van der Waals surface area contributed by atoms with E-state index >= 15 is 0 Å². The van der Waals surface area contributed by atoms with Gasteiger partial charge in [-0.2, -0.15) is 5.10 Å². The number of hydrazone groups is 1. The topological polar surface area (TPSA) is 70.9 Å². The highest BCUT2D eigenvalue weighted by molar-refractivity contribution is 6.01. The lowest BCUT2D eigenvalue weighted by molar-refractivity contribution is 0.0952. The number of hydrogen-bond donors (Lipinski definition) is 2. The molecule has 0 aromatic heterocycles. The predicted molar refractivity (Wildman–Crippen MR) is 93.7 cm³/mol. The minimum Gasteiger partial charge on any atom is -0.508 e. The minimum absolute atomic E-state index is 0.178. The highest BCUT2D eigenvalue weighted by Crippen LogP contribution is 2.25. The number of rotatable bonds is 4. The smallest absolute Gasteiger partial charge is 0.275 e. The zero-order valence-electron chi connectivity index (χ0n) is 13.1. The summed E-state index contributed by atoms with van der Waals surface area (Å²) >= 11 is 0. The lowest BCUT2D eigenvalue weighted by Crippen LogP contribution is -2.18. The average Bonchev–Trinajstić information content (AvgIpc) is 2.62. The van der Waals surface area contributed by atoms with Crippen LogP contribution in [0, 0.1) is 0 Å². The first-order valence-electron chi connectivity index (χ1n) is 7.36. The van der Waals surface area contributed by atoms with E-state index in [1.165, 1.54) is 13.3 Å². The van der Waals surface area contributed by atoms with Gasteiger partial charge in [0, 0.05) is 0 Å². The van der Waals surface area contributed by atoms with Crippen molar-refractivity contribution in [3.8, 4) is 11.5 Å². The maximum absolute atomic E-state index is 12.4. The number of benzene rings is 3. The zero-order chi connectivity index (χ0) is 16.9. The Labute approximate surface area is 139 Å². The number of ether oxygens (including phenoxy) is 1. The Bertz CT molecular complexity index is 902. The molecule has 0 bridgehead atoms. The molecule has 0 aliphatic carbocycles. The number of hydrogen-bond acceptors (Lipinski definition) is 4. The van der Waals surface area contributed by atoms with Crippen LogP contribution in [0.25, 0.3) is 10.8 Å². The van der Waals surface area contributed by atoms with Gasteiger partial charge in [-0.1, -0.05) is 24.3 Å². The number of methoxy groups -OCH3 is 1. The lowest BCUT2D eigenvalue weighted by Gasteiger charge is -2.09. The summed E-state index contributed by atoms with van der Waals surface area (Å²) in [6, 6.07) is 17.8. The fourth-order valence-corrected chi connectivity index (χ4v) is 2.35. The van der Waals surface area contributed by atoms with Crippen molar-refractivity contribution in [2.75, 3.05) is 7.11 Å². The summed E-state index contributed by atoms with van der Waals surface area (Å²) in [5.74, 6) is 0.316. The van der Waals surface area contributed by atoms with Crippen LogP contribution < -0.4 is 10.2 Å². The van der Waals surface area contributed by atoms with E-state index in [-0.39, 0.29) is 11.7 Å². The van der Waals surface area contributed by atoms with Crippen molar-refractivity contribution in [1.82, 2.24) is 5.43 Å². The van der Waals surface area contributed by atoms with E-state index in [1.807, 2.05) is 30.3 Å². The van der Waals surface area contributed by atoms with E-state index in [0.29, 0.717) is 11.3 Å². The van der Waals surface area contributed by atoms with Gasteiger partial charge in [0.15, 0.2) is 0 Å². The van der Waals surface area contributed by atoms with E-state index in [9.17, 15) is 9.90 Å². The highest BCUT2D eigenvalue weighted by Gasteiger charge is 2.13. The number of amides is 1. The van der Waals surface area contributed by atoms with Crippen molar-refractivity contribution in [1.29, 1.82) is 0 Å². The first kappa shape index (κ1) is 15.6. The van der Waals surface area contributed by atoms with E-state index in [2.05, 4.69) is 10.5 Å². The van der Waals surface area contributed by atoms with Crippen LogP contribution >= 0.6 is 0 Å². The van der Waals surface area contributed by atoms with Crippen LogP contribution in [0.2, 0.25) is 0 Å². The molecule has 2 N–H and O–H groups in total. The van der Waals surface area contributed by atoms with Gasteiger partial charge in [0.25, 0.3) is 5.91 Å². The van der Waals surface area contributed by atoms with Crippen LogP contribution in [0.15, 0.2) is 65.8 Å². The minimum atomic E-state index is -0.354. The summed E-state index contributed by atoms with van der Waals surface area (Å²) in [5.41, 5.74) is 3.67. The van der Waals surface area contributed by atoms with Crippen molar-refractivity contribution in [2.24, 2.45) is 5.10 Å². The molecular weight excluding hydrogens is 304 g/mol. The Balaban J connectivity index is 1.81. The number of phenolic OH excluding ortho intramolecular Hbond substituents is 1. The standard InChI is InChI=1S/C19H16N2O3/c1-24-18-11-15-5-3-2-4-14(15)10-17(18)19(23)21-20-12-13-6-8-16(22)9-7-13/h2-12,22H,1H3,(H,21,23)/b20-12+. The number of nitrogens with zero attached hydrogens (tertiary/aromatic N) is 1. The van der Waals surface area contributed by atoms with Gasteiger partial charge >= 0.3 is 0 Å². The first-order valence-corrected chi connectivity index (χ1v) is 7.36. The molecule has 1 amide bonds. The number of phenols is 1. The fourth-order valence-electron chi connectivity index (χ4n) is 2.35. The fraction of sp³-hybridized carbons (Fsp3) is 0.0526. The summed E-state index contributed by atoms with van der Waals surface area (Å²) in [5, 5.41) is 15.1. The summed E-state index contributed by atoms with van der Waals surface area (Å²) in [4.78, 5) is 12.4. The Morgan fingerprint density at radius 1 is 1.08 bits per heavy atom. The van der Waals surface area contributed by atoms with Gasteiger partial charge in [-0.25, -0.2) is 5.43 Å². The summed E-state index contributed by atoms with van der Waals surface area (Å²) in [7, 11) is 1.53. The van der Waals surface area contributed by atoms with Gasteiger partial charge < -0.3 is 9.84 Å². The lowest BCUT2D eigenvalue weighted by atomic mass is 10.1. The van der Waals surface area contributed by atoms with Gasteiger partial charge in [0.2, 0.25) is 0 Å². The second-order valence-electron chi connectivity index (χ2n) is 5.19. The van der Waals surface area contributed by atoms with Crippen LogP contribution in [0.5, 0.6) is 11.5 Å². The maximum atomic E-state index is 12.4. The number of aromatic hydroxyl groups is 1. The molecule has 3 aromatic rings. The third kappa shape index (κ3) is 3.35. The molecule has 5 heteroatoms.